The molecule has 12 heavy (non-hydrogen) atoms. The molecule has 5 heteroatoms. The summed E-state index contributed by atoms with van der Waals surface area (Å²) in [7, 11) is 0. The van der Waals surface area contributed by atoms with Crippen molar-refractivity contribution in [3.63, 3.8) is 0 Å². The number of fused-ring (bicyclic) bond motifs is 1. The smallest absolute Gasteiger partial charge is 0.148 e. The van der Waals surface area contributed by atoms with E-state index in [4.69, 9.17) is 0 Å². The van der Waals surface area contributed by atoms with Crippen molar-refractivity contribution in [2.75, 3.05) is 13.1 Å². The zero-order chi connectivity index (χ0) is 7.97. The molecule has 1 saturated carbocycles. The maximum absolute atomic E-state index is 3.89. The van der Waals surface area contributed by atoms with Crippen LogP contribution in [0.2, 0.25) is 0 Å². The van der Waals surface area contributed by atoms with Gasteiger partial charge in [0.15, 0.2) is 0 Å². The molecule has 0 amide bonds. The van der Waals surface area contributed by atoms with Gasteiger partial charge in [-0.05, 0) is 41.3 Å². The molecule has 2 heterocycles. The molecule has 1 aromatic heterocycles. The van der Waals surface area contributed by atoms with Crippen LogP contribution in [-0.2, 0) is 6.42 Å². The number of piperidine rings is 1. The lowest BCUT2D eigenvalue weighted by Crippen LogP contribution is -2.15. The van der Waals surface area contributed by atoms with E-state index in [-0.39, 0.29) is 0 Å². The van der Waals surface area contributed by atoms with Crippen molar-refractivity contribution in [3.8, 4) is 0 Å². The lowest BCUT2D eigenvalue weighted by molar-refractivity contribution is 0.581. The van der Waals surface area contributed by atoms with Crippen LogP contribution >= 0.6 is 0 Å². The maximum atomic E-state index is 3.89. The monoisotopic (exact) mass is 165 g/mol. The number of nitrogens with one attached hydrogen (secondary N) is 2. The van der Waals surface area contributed by atoms with E-state index in [1.54, 1.807) is 0 Å². The summed E-state index contributed by atoms with van der Waals surface area (Å²) in [6, 6.07) is 0. The van der Waals surface area contributed by atoms with Crippen molar-refractivity contribution in [2.45, 2.75) is 6.42 Å². The summed E-state index contributed by atoms with van der Waals surface area (Å²) in [6.45, 7) is 2.38. The molecule has 1 aliphatic heterocycles. The molecule has 64 valence electrons. The molecule has 0 aromatic carbocycles. The van der Waals surface area contributed by atoms with E-state index < -0.39 is 0 Å². The second kappa shape index (κ2) is 2.26. The predicted octanol–water partition coefficient (Wildman–Crippen LogP) is -0.792. The van der Waals surface area contributed by atoms with Crippen LogP contribution in [0.15, 0.2) is 0 Å². The molecule has 1 saturated heterocycles. The van der Waals surface area contributed by atoms with Crippen molar-refractivity contribution in [3.05, 3.63) is 5.82 Å². The fraction of sp³-hybridized carbons (Fsp3) is 0.857. The third kappa shape index (κ3) is 0.859. The minimum absolute atomic E-state index is 0.834. The van der Waals surface area contributed by atoms with Crippen molar-refractivity contribution in [1.82, 2.24) is 25.9 Å². The number of hydrogen-bond acceptors (Lipinski definition) is 4. The number of nitrogens with zero attached hydrogens (tertiary/aromatic N) is 3. The summed E-state index contributed by atoms with van der Waals surface area (Å²) < 4.78 is 0. The van der Waals surface area contributed by atoms with Crippen LogP contribution in [0.1, 0.15) is 5.82 Å². The number of rotatable bonds is 2. The Balaban J connectivity index is 1.65. The Bertz CT molecular complexity index is 259. The zero-order valence-electron chi connectivity index (χ0n) is 6.70. The Hall–Kier alpha value is -0.970. The zero-order valence-corrected chi connectivity index (χ0v) is 6.70. The number of aromatic amines is 1. The molecule has 0 bridgehead atoms. The highest BCUT2D eigenvalue weighted by atomic mass is 15.5. The minimum Gasteiger partial charge on any atom is -0.316 e. The summed E-state index contributed by atoms with van der Waals surface area (Å²) in [4.78, 5) is 0. The average molecular weight is 165 g/mol. The van der Waals surface area contributed by atoms with E-state index in [2.05, 4.69) is 25.9 Å². The van der Waals surface area contributed by atoms with Crippen LogP contribution in [-0.4, -0.2) is 33.7 Å². The summed E-state index contributed by atoms with van der Waals surface area (Å²) in [6.07, 6.45) is 1.03. The fourth-order valence-electron chi connectivity index (χ4n) is 2.34. The molecule has 5 nitrogen and oxygen atoms in total. The third-order valence-electron chi connectivity index (χ3n) is 3.09. The first-order valence-corrected chi connectivity index (χ1v) is 4.38. The highest BCUT2D eigenvalue weighted by molar-refractivity contribution is 5.06. The van der Waals surface area contributed by atoms with E-state index in [1.165, 1.54) is 13.1 Å². The van der Waals surface area contributed by atoms with Gasteiger partial charge in [-0.3, -0.25) is 0 Å². The number of H-pyrrole nitrogens is 1. The van der Waals surface area contributed by atoms with Crippen molar-refractivity contribution >= 4 is 0 Å². The van der Waals surface area contributed by atoms with Crippen molar-refractivity contribution in [2.24, 2.45) is 17.8 Å². The van der Waals surface area contributed by atoms with E-state index in [0.29, 0.717) is 0 Å². The lowest BCUT2D eigenvalue weighted by atomic mass is 10.2. The second-order valence-corrected chi connectivity index (χ2v) is 3.70. The first kappa shape index (κ1) is 6.54. The molecule has 0 spiro atoms. The van der Waals surface area contributed by atoms with Gasteiger partial charge in [-0.25, -0.2) is 5.10 Å². The first-order chi connectivity index (χ1) is 5.95. The fourth-order valence-corrected chi connectivity index (χ4v) is 2.34. The highest BCUT2D eigenvalue weighted by Crippen LogP contribution is 2.49. The van der Waals surface area contributed by atoms with Gasteiger partial charge in [0, 0.05) is 6.42 Å². The number of hydrogen-bond donors (Lipinski definition) is 2. The van der Waals surface area contributed by atoms with E-state index in [0.717, 1.165) is 30.0 Å². The molecule has 2 fully saturated rings. The second-order valence-electron chi connectivity index (χ2n) is 3.70. The molecule has 1 aliphatic carbocycles. The van der Waals surface area contributed by atoms with Gasteiger partial charge in [0.05, 0.1) is 0 Å². The molecule has 3 atom stereocenters. The van der Waals surface area contributed by atoms with E-state index in [1.807, 2.05) is 0 Å². The van der Waals surface area contributed by atoms with Crippen LogP contribution < -0.4 is 5.32 Å². The summed E-state index contributed by atoms with van der Waals surface area (Å²) in [5.41, 5.74) is 0. The van der Waals surface area contributed by atoms with Gasteiger partial charge >= 0.3 is 0 Å². The van der Waals surface area contributed by atoms with Gasteiger partial charge < -0.3 is 5.32 Å². The Morgan fingerprint density at radius 1 is 1.33 bits per heavy atom. The van der Waals surface area contributed by atoms with E-state index >= 15 is 0 Å². The van der Waals surface area contributed by atoms with Crippen LogP contribution in [0.5, 0.6) is 0 Å². The van der Waals surface area contributed by atoms with Gasteiger partial charge in [0.25, 0.3) is 0 Å². The minimum atomic E-state index is 0.834. The summed E-state index contributed by atoms with van der Waals surface area (Å²) in [5, 5.41) is 17.2. The summed E-state index contributed by atoms with van der Waals surface area (Å²) >= 11 is 0. The average Bonchev–Trinajstić information content (AvgIpc) is 2.59. The molecular formula is C7H11N5. The molecular weight excluding hydrogens is 154 g/mol. The summed E-state index contributed by atoms with van der Waals surface area (Å²) in [5.74, 6) is 3.57. The Morgan fingerprint density at radius 2 is 2.17 bits per heavy atom. The molecule has 1 aromatic rings. The Labute approximate surface area is 69.9 Å². The normalized spacial score (nSPS) is 38.2. The van der Waals surface area contributed by atoms with Crippen LogP contribution in [0.4, 0.5) is 0 Å². The molecule has 0 unspecified atom stereocenters. The number of aromatic nitrogens is 4. The van der Waals surface area contributed by atoms with Crippen LogP contribution in [0, 0.1) is 17.8 Å². The van der Waals surface area contributed by atoms with Gasteiger partial charge in [-0.1, -0.05) is 0 Å². The van der Waals surface area contributed by atoms with Gasteiger partial charge in [0.1, 0.15) is 5.82 Å². The lowest BCUT2D eigenvalue weighted by Gasteiger charge is -1.99. The van der Waals surface area contributed by atoms with Crippen LogP contribution in [0.25, 0.3) is 0 Å². The quantitative estimate of drug-likeness (QED) is 0.602. The Kier molecular flexibility index (Phi) is 1.23. The molecule has 2 aliphatic rings. The van der Waals surface area contributed by atoms with Gasteiger partial charge in [-0.15, -0.1) is 5.10 Å². The number of tetrazole rings is 1. The van der Waals surface area contributed by atoms with Crippen molar-refractivity contribution in [1.29, 1.82) is 0 Å². The topological polar surface area (TPSA) is 66.5 Å². The Morgan fingerprint density at radius 3 is 2.83 bits per heavy atom. The maximum Gasteiger partial charge on any atom is 0.148 e. The highest BCUT2D eigenvalue weighted by Gasteiger charge is 2.52. The molecule has 2 N–H and O–H groups in total. The first-order valence-electron chi connectivity index (χ1n) is 4.38. The van der Waals surface area contributed by atoms with Crippen molar-refractivity contribution < 1.29 is 0 Å². The van der Waals surface area contributed by atoms with Crippen LogP contribution in [0.3, 0.4) is 0 Å². The SMILES string of the molecule is C1NC[C@H]2[C@@H]1[C@H]2Cc1nnn[nH]1. The molecule has 3 rings (SSSR count). The largest absolute Gasteiger partial charge is 0.316 e. The standard InChI is InChI=1S/C7H11N5/c1(7-9-11-12-10-7)4-5-2-8-3-6(4)5/h4-6,8H,1-3H2,(H,9,10,11,12)/t4-,5+,6-. The molecule has 0 radical (unpaired) electrons. The van der Waals surface area contributed by atoms with Gasteiger partial charge in [-0.2, -0.15) is 0 Å². The van der Waals surface area contributed by atoms with E-state index in [9.17, 15) is 0 Å². The predicted molar refractivity (Wildman–Crippen MR) is 41.2 cm³/mol. The third-order valence-corrected chi connectivity index (χ3v) is 3.09. The van der Waals surface area contributed by atoms with Gasteiger partial charge in [0.2, 0.25) is 0 Å².